The van der Waals surface area contributed by atoms with Crippen molar-refractivity contribution in [2.75, 3.05) is 11.9 Å². The molecule has 0 aromatic carbocycles. The summed E-state index contributed by atoms with van der Waals surface area (Å²) in [6, 6.07) is 1.17. The first kappa shape index (κ1) is 12.0. The van der Waals surface area contributed by atoms with Crippen LogP contribution in [0.15, 0.2) is 12.3 Å². The Balaban J connectivity index is 2.34. The van der Waals surface area contributed by atoms with Crippen LogP contribution in [0.1, 0.15) is 6.92 Å². The Bertz CT molecular complexity index is 388. The van der Waals surface area contributed by atoms with Crippen molar-refractivity contribution in [1.82, 2.24) is 15.1 Å². The van der Waals surface area contributed by atoms with Crippen molar-refractivity contribution in [3.05, 3.63) is 12.3 Å². The van der Waals surface area contributed by atoms with Crippen molar-refractivity contribution in [2.45, 2.75) is 6.92 Å². The van der Waals surface area contributed by atoms with Gasteiger partial charge in [-0.3, -0.25) is 14.8 Å². The molecule has 0 aliphatic heterocycles. The minimum absolute atomic E-state index is 0.0774. The van der Waals surface area contributed by atoms with E-state index >= 15 is 0 Å². The number of aromatic nitrogens is 2. The molecule has 88 valence electrons. The van der Waals surface area contributed by atoms with E-state index in [0.29, 0.717) is 5.82 Å². The number of hydrogen-bond acceptors (Lipinski definition) is 3. The molecule has 2 amide bonds. The van der Waals surface area contributed by atoms with Crippen molar-refractivity contribution in [1.29, 1.82) is 0 Å². The third-order valence-electron chi connectivity index (χ3n) is 1.95. The first-order valence-electron chi connectivity index (χ1n) is 4.76. The van der Waals surface area contributed by atoms with Gasteiger partial charge in [0.2, 0.25) is 0 Å². The summed E-state index contributed by atoms with van der Waals surface area (Å²) < 4.78 is 1.55. The summed E-state index contributed by atoms with van der Waals surface area (Å²) >= 11 is 0. The monoisotopic (exact) mass is 226 g/mol. The van der Waals surface area contributed by atoms with Crippen molar-refractivity contribution < 1.29 is 14.7 Å². The lowest BCUT2D eigenvalue weighted by molar-refractivity contribution is -0.140. The van der Waals surface area contributed by atoms with Crippen molar-refractivity contribution >= 4 is 17.8 Å². The van der Waals surface area contributed by atoms with E-state index < -0.39 is 17.9 Å². The van der Waals surface area contributed by atoms with Gasteiger partial charge in [0.05, 0.1) is 5.92 Å². The van der Waals surface area contributed by atoms with Gasteiger partial charge in [-0.15, -0.1) is 0 Å². The minimum Gasteiger partial charge on any atom is -0.481 e. The molecule has 0 aliphatic carbocycles. The molecule has 0 spiro atoms. The second kappa shape index (κ2) is 5.15. The quantitative estimate of drug-likeness (QED) is 0.686. The molecule has 1 atom stereocenters. The second-order valence-corrected chi connectivity index (χ2v) is 3.45. The highest BCUT2D eigenvalue weighted by atomic mass is 16.4. The van der Waals surface area contributed by atoms with Crippen LogP contribution >= 0.6 is 0 Å². The van der Waals surface area contributed by atoms with E-state index in [4.69, 9.17) is 5.11 Å². The van der Waals surface area contributed by atoms with E-state index in [2.05, 4.69) is 15.7 Å². The molecule has 0 bridgehead atoms. The van der Waals surface area contributed by atoms with Crippen molar-refractivity contribution in [3.63, 3.8) is 0 Å². The number of nitrogens with zero attached hydrogens (tertiary/aromatic N) is 2. The number of anilines is 1. The molecule has 0 aliphatic rings. The molecule has 7 nitrogen and oxygen atoms in total. The lowest BCUT2D eigenvalue weighted by Gasteiger charge is -2.08. The number of carbonyl (C=O) groups excluding carboxylic acids is 1. The molecule has 0 saturated carbocycles. The zero-order valence-corrected chi connectivity index (χ0v) is 9.10. The summed E-state index contributed by atoms with van der Waals surface area (Å²) in [6.07, 6.45) is 1.69. The minimum atomic E-state index is -0.946. The van der Waals surface area contributed by atoms with Gasteiger partial charge in [0.25, 0.3) is 0 Å². The predicted molar refractivity (Wildman–Crippen MR) is 57.0 cm³/mol. The fourth-order valence-corrected chi connectivity index (χ4v) is 0.975. The molecule has 16 heavy (non-hydrogen) atoms. The Morgan fingerprint density at radius 2 is 2.31 bits per heavy atom. The van der Waals surface area contributed by atoms with Crippen LogP contribution in [-0.2, 0) is 11.8 Å². The van der Waals surface area contributed by atoms with Gasteiger partial charge < -0.3 is 10.4 Å². The standard InChI is InChI=1S/C9H14N4O3/c1-6(8(14)15)5-10-9(16)11-7-3-4-13(2)12-7/h3-4,6H,5H2,1-2H3,(H,14,15)(H2,10,11,12,16). The SMILES string of the molecule is CC(CNC(=O)Nc1ccn(C)n1)C(=O)O. The molecule has 0 fully saturated rings. The second-order valence-electron chi connectivity index (χ2n) is 3.45. The average Bonchev–Trinajstić information content (AvgIpc) is 2.60. The highest BCUT2D eigenvalue weighted by Crippen LogP contribution is 2.00. The summed E-state index contributed by atoms with van der Waals surface area (Å²) in [5, 5.41) is 17.5. The van der Waals surface area contributed by atoms with E-state index in [1.807, 2.05) is 0 Å². The van der Waals surface area contributed by atoms with Crippen LogP contribution in [0.2, 0.25) is 0 Å². The fourth-order valence-electron chi connectivity index (χ4n) is 0.975. The molecule has 3 N–H and O–H groups in total. The van der Waals surface area contributed by atoms with E-state index in [-0.39, 0.29) is 6.54 Å². The number of rotatable bonds is 4. The number of carboxylic acids is 1. The number of nitrogens with one attached hydrogen (secondary N) is 2. The van der Waals surface area contributed by atoms with Gasteiger partial charge in [0, 0.05) is 25.9 Å². The molecular weight excluding hydrogens is 212 g/mol. The molecule has 1 aromatic rings. The first-order chi connectivity index (χ1) is 7.49. The number of carboxylic acid groups (broad SMARTS) is 1. The van der Waals surface area contributed by atoms with Crippen LogP contribution in [-0.4, -0.2) is 33.4 Å². The Hall–Kier alpha value is -2.05. The summed E-state index contributed by atoms with van der Waals surface area (Å²) in [5.74, 6) is -1.14. The zero-order chi connectivity index (χ0) is 12.1. The third-order valence-corrected chi connectivity index (χ3v) is 1.95. The topological polar surface area (TPSA) is 96.3 Å². The van der Waals surface area contributed by atoms with Gasteiger partial charge in [-0.05, 0) is 0 Å². The number of amides is 2. The number of aryl methyl sites for hydroxylation is 1. The molecule has 1 heterocycles. The Morgan fingerprint density at radius 3 is 2.81 bits per heavy atom. The molecule has 7 heteroatoms. The average molecular weight is 226 g/mol. The van der Waals surface area contributed by atoms with E-state index in [1.165, 1.54) is 6.92 Å². The maximum absolute atomic E-state index is 11.3. The molecular formula is C9H14N4O3. The smallest absolute Gasteiger partial charge is 0.320 e. The fraction of sp³-hybridized carbons (Fsp3) is 0.444. The summed E-state index contributed by atoms with van der Waals surface area (Å²) in [7, 11) is 1.73. The van der Waals surface area contributed by atoms with Crippen LogP contribution in [0.5, 0.6) is 0 Å². The first-order valence-corrected chi connectivity index (χ1v) is 4.76. The van der Waals surface area contributed by atoms with Gasteiger partial charge in [-0.2, -0.15) is 5.10 Å². The van der Waals surface area contributed by atoms with Crippen LogP contribution in [0.25, 0.3) is 0 Å². The Morgan fingerprint density at radius 1 is 1.62 bits per heavy atom. The molecule has 1 rings (SSSR count). The van der Waals surface area contributed by atoms with Gasteiger partial charge in [-0.25, -0.2) is 4.79 Å². The normalized spacial score (nSPS) is 11.9. The summed E-state index contributed by atoms with van der Waals surface area (Å²) in [4.78, 5) is 21.8. The zero-order valence-electron chi connectivity index (χ0n) is 9.10. The maximum Gasteiger partial charge on any atom is 0.320 e. The highest BCUT2D eigenvalue weighted by molar-refractivity contribution is 5.88. The van der Waals surface area contributed by atoms with Crippen molar-refractivity contribution in [3.8, 4) is 0 Å². The third kappa shape index (κ3) is 3.60. The molecule has 1 unspecified atom stereocenters. The Labute approximate surface area is 92.4 Å². The lowest BCUT2D eigenvalue weighted by atomic mass is 10.2. The van der Waals surface area contributed by atoms with Crippen LogP contribution in [0.4, 0.5) is 10.6 Å². The van der Waals surface area contributed by atoms with E-state index in [9.17, 15) is 9.59 Å². The van der Waals surface area contributed by atoms with Gasteiger partial charge in [-0.1, -0.05) is 6.92 Å². The number of carbonyl (C=O) groups is 2. The molecule has 0 radical (unpaired) electrons. The largest absolute Gasteiger partial charge is 0.481 e. The highest BCUT2D eigenvalue weighted by Gasteiger charge is 2.12. The van der Waals surface area contributed by atoms with E-state index in [1.54, 1.807) is 24.0 Å². The maximum atomic E-state index is 11.3. The predicted octanol–water partition coefficient (Wildman–Crippen LogP) is 0.262. The van der Waals surface area contributed by atoms with Gasteiger partial charge in [0.15, 0.2) is 5.82 Å². The van der Waals surface area contributed by atoms with Crippen molar-refractivity contribution in [2.24, 2.45) is 13.0 Å². The number of aliphatic carboxylic acids is 1. The van der Waals surface area contributed by atoms with E-state index in [0.717, 1.165) is 0 Å². The number of urea groups is 1. The summed E-state index contributed by atoms with van der Waals surface area (Å²) in [6.45, 7) is 1.59. The number of hydrogen-bond donors (Lipinski definition) is 3. The Kier molecular flexibility index (Phi) is 3.87. The molecule has 0 saturated heterocycles. The lowest BCUT2D eigenvalue weighted by Crippen LogP contribution is -2.34. The van der Waals surface area contributed by atoms with Crippen LogP contribution in [0.3, 0.4) is 0 Å². The van der Waals surface area contributed by atoms with Gasteiger partial charge >= 0.3 is 12.0 Å². The van der Waals surface area contributed by atoms with Crippen LogP contribution < -0.4 is 10.6 Å². The van der Waals surface area contributed by atoms with Gasteiger partial charge in [0.1, 0.15) is 0 Å². The molecule has 1 aromatic heterocycles. The summed E-state index contributed by atoms with van der Waals surface area (Å²) in [5.41, 5.74) is 0. The van der Waals surface area contributed by atoms with Crippen LogP contribution in [0, 0.1) is 5.92 Å².